The van der Waals surface area contributed by atoms with Crippen LogP contribution in [0.25, 0.3) is 0 Å². The molecular formula is C22H23FN4O4. The van der Waals surface area contributed by atoms with E-state index in [9.17, 15) is 14.0 Å². The number of hydrogen-bond acceptors (Lipinski definition) is 5. The van der Waals surface area contributed by atoms with Crippen molar-refractivity contribution in [3.63, 3.8) is 0 Å². The molecule has 4 rings (SSSR count). The van der Waals surface area contributed by atoms with Crippen LogP contribution in [0, 0.1) is 17.1 Å². The third-order valence-electron chi connectivity index (χ3n) is 5.65. The number of nitrogens with zero attached hydrogens (tertiary/aromatic N) is 3. The Morgan fingerprint density at radius 1 is 1.29 bits per heavy atom. The molecule has 0 radical (unpaired) electrons. The molecular weight excluding hydrogens is 403 g/mol. The van der Waals surface area contributed by atoms with Gasteiger partial charge in [-0.15, -0.1) is 0 Å². The van der Waals surface area contributed by atoms with Crippen molar-refractivity contribution in [3.05, 3.63) is 53.6 Å². The number of aromatic amines is 1. The zero-order valence-corrected chi connectivity index (χ0v) is 16.9. The lowest BCUT2D eigenvalue weighted by Gasteiger charge is -2.42. The Bertz CT molecular complexity index is 976. The van der Waals surface area contributed by atoms with Gasteiger partial charge in [0, 0.05) is 25.3 Å². The lowest BCUT2D eigenvalue weighted by molar-refractivity contribution is -0.155. The van der Waals surface area contributed by atoms with E-state index in [1.165, 1.54) is 18.3 Å². The van der Waals surface area contributed by atoms with E-state index >= 15 is 0 Å². The second kappa shape index (κ2) is 9.18. The number of rotatable bonds is 5. The zero-order valence-electron chi connectivity index (χ0n) is 16.9. The molecule has 1 unspecified atom stereocenters. The molecule has 1 N–H and O–H groups in total. The number of morpholine rings is 1. The maximum atomic E-state index is 13.0. The van der Waals surface area contributed by atoms with E-state index in [0.717, 1.165) is 0 Å². The number of carbonyl (C=O) groups is 2. The molecule has 31 heavy (non-hydrogen) atoms. The van der Waals surface area contributed by atoms with E-state index < -0.39 is 0 Å². The lowest BCUT2D eigenvalue weighted by Crippen LogP contribution is -2.55. The summed E-state index contributed by atoms with van der Waals surface area (Å²) in [5, 5.41) is 8.92. The average Bonchev–Trinajstić information content (AvgIpc) is 3.29. The van der Waals surface area contributed by atoms with Crippen molar-refractivity contribution < 1.29 is 23.5 Å². The highest BCUT2D eigenvalue weighted by molar-refractivity contribution is 5.93. The maximum absolute atomic E-state index is 13.0. The molecule has 2 aliphatic heterocycles. The number of likely N-dealkylation sites (tertiary alicyclic amines) is 1. The van der Waals surface area contributed by atoms with Gasteiger partial charge in [0.2, 0.25) is 5.91 Å². The summed E-state index contributed by atoms with van der Waals surface area (Å²) in [6.07, 6.45) is 2.59. The molecule has 162 valence electrons. The molecule has 3 heterocycles. The van der Waals surface area contributed by atoms with Crippen LogP contribution in [0.3, 0.4) is 0 Å². The molecule has 2 saturated heterocycles. The number of H-pyrrole nitrogens is 1. The van der Waals surface area contributed by atoms with Crippen LogP contribution in [-0.4, -0.2) is 71.6 Å². The van der Waals surface area contributed by atoms with E-state index in [2.05, 4.69) is 4.98 Å². The zero-order chi connectivity index (χ0) is 21.8. The molecule has 2 aromatic rings. The van der Waals surface area contributed by atoms with Crippen LogP contribution in [0.2, 0.25) is 0 Å². The highest BCUT2D eigenvalue weighted by Crippen LogP contribution is 2.22. The molecule has 1 aromatic heterocycles. The number of nitrogens with one attached hydrogen (secondary N) is 1. The van der Waals surface area contributed by atoms with Gasteiger partial charge in [-0.3, -0.25) is 9.59 Å². The van der Waals surface area contributed by atoms with E-state index in [-0.39, 0.29) is 43.0 Å². The Hall–Kier alpha value is -3.38. The summed E-state index contributed by atoms with van der Waals surface area (Å²) in [5.74, 6) is 0.0124. The second-order valence-electron chi connectivity index (χ2n) is 7.68. The SMILES string of the molecule is N#Cc1c[nH]c(C(=O)N2CCC(N3CC(COc4ccc(F)cc4)OCC3=O)CC2)c1. The average molecular weight is 426 g/mol. The number of hydrogen-bond donors (Lipinski definition) is 1. The van der Waals surface area contributed by atoms with Gasteiger partial charge in [-0.05, 0) is 43.2 Å². The van der Waals surface area contributed by atoms with Crippen molar-refractivity contribution in [2.45, 2.75) is 25.0 Å². The topological polar surface area (TPSA) is 98.7 Å². The number of halogens is 1. The van der Waals surface area contributed by atoms with Gasteiger partial charge in [0.25, 0.3) is 5.91 Å². The molecule has 0 saturated carbocycles. The first-order valence-electron chi connectivity index (χ1n) is 10.2. The molecule has 8 nitrogen and oxygen atoms in total. The molecule has 1 aromatic carbocycles. The number of aromatic nitrogens is 1. The first-order valence-corrected chi connectivity index (χ1v) is 10.2. The monoisotopic (exact) mass is 426 g/mol. The minimum atomic E-state index is -0.329. The van der Waals surface area contributed by atoms with Gasteiger partial charge >= 0.3 is 0 Å². The fraction of sp³-hybridized carbons (Fsp3) is 0.409. The number of ether oxygens (including phenoxy) is 2. The lowest BCUT2D eigenvalue weighted by atomic mass is 10.0. The largest absolute Gasteiger partial charge is 0.491 e. The molecule has 0 bridgehead atoms. The summed E-state index contributed by atoms with van der Waals surface area (Å²) < 4.78 is 24.3. The van der Waals surface area contributed by atoms with Crippen LogP contribution in [0.15, 0.2) is 36.5 Å². The van der Waals surface area contributed by atoms with Crippen molar-refractivity contribution >= 4 is 11.8 Å². The Labute approximate surface area is 179 Å². The van der Waals surface area contributed by atoms with Crippen molar-refractivity contribution in [1.82, 2.24) is 14.8 Å². The Balaban J connectivity index is 1.29. The summed E-state index contributed by atoms with van der Waals surface area (Å²) in [7, 11) is 0. The predicted molar refractivity (Wildman–Crippen MR) is 108 cm³/mol. The first kappa shape index (κ1) is 20.9. The van der Waals surface area contributed by atoms with Gasteiger partial charge in [0.15, 0.2) is 0 Å². The third kappa shape index (κ3) is 4.86. The van der Waals surface area contributed by atoms with Gasteiger partial charge in [-0.2, -0.15) is 5.26 Å². The highest BCUT2D eigenvalue weighted by Gasteiger charge is 2.35. The van der Waals surface area contributed by atoms with Crippen LogP contribution < -0.4 is 4.74 Å². The quantitative estimate of drug-likeness (QED) is 0.788. The highest BCUT2D eigenvalue weighted by atomic mass is 19.1. The van der Waals surface area contributed by atoms with Gasteiger partial charge < -0.3 is 24.3 Å². The van der Waals surface area contributed by atoms with Gasteiger partial charge in [-0.1, -0.05) is 0 Å². The van der Waals surface area contributed by atoms with Crippen molar-refractivity contribution in [3.8, 4) is 11.8 Å². The molecule has 0 aliphatic carbocycles. The molecule has 2 amide bonds. The fourth-order valence-corrected chi connectivity index (χ4v) is 3.95. The Kier molecular flexibility index (Phi) is 6.18. The number of amides is 2. The predicted octanol–water partition coefficient (Wildman–Crippen LogP) is 1.94. The van der Waals surface area contributed by atoms with Crippen LogP contribution in [0.4, 0.5) is 4.39 Å². The Morgan fingerprint density at radius 3 is 2.71 bits per heavy atom. The summed E-state index contributed by atoms with van der Waals surface area (Å²) in [5.41, 5.74) is 0.821. The molecule has 2 fully saturated rings. The van der Waals surface area contributed by atoms with Gasteiger partial charge in [0.05, 0.1) is 12.1 Å². The minimum absolute atomic E-state index is 0.00397. The smallest absolute Gasteiger partial charge is 0.270 e. The first-order chi connectivity index (χ1) is 15.0. The minimum Gasteiger partial charge on any atom is -0.491 e. The van der Waals surface area contributed by atoms with E-state index in [1.807, 2.05) is 11.0 Å². The third-order valence-corrected chi connectivity index (χ3v) is 5.65. The molecule has 1 atom stereocenters. The number of benzene rings is 1. The summed E-state index contributed by atoms with van der Waals surface area (Å²) in [6.45, 7) is 1.75. The van der Waals surface area contributed by atoms with E-state index in [0.29, 0.717) is 49.5 Å². The molecule has 9 heteroatoms. The van der Waals surface area contributed by atoms with Gasteiger partial charge in [-0.25, -0.2) is 4.39 Å². The summed E-state index contributed by atoms with van der Waals surface area (Å²) in [6, 6.07) is 9.35. The van der Waals surface area contributed by atoms with Crippen LogP contribution in [-0.2, 0) is 9.53 Å². The maximum Gasteiger partial charge on any atom is 0.270 e. The number of nitriles is 1. The number of carbonyl (C=O) groups excluding carboxylic acids is 2. The van der Waals surface area contributed by atoms with Crippen LogP contribution >= 0.6 is 0 Å². The van der Waals surface area contributed by atoms with Crippen molar-refractivity contribution in [2.24, 2.45) is 0 Å². The standard InChI is InChI=1S/C22H23FN4O4/c23-16-1-3-18(4-2-16)30-13-19-12-27(21(28)14-31-19)17-5-7-26(8-6-17)22(29)20-9-15(10-24)11-25-20/h1-4,9,11,17,19,25H,5-8,12-14H2. The molecule has 0 spiro atoms. The number of piperidine rings is 1. The van der Waals surface area contributed by atoms with E-state index in [1.54, 1.807) is 23.1 Å². The normalized spacial score (nSPS) is 19.9. The Morgan fingerprint density at radius 2 is 2.03 bits per heavy atom. The second-order valence-corrected chi connectivity index (χ2v) is 7.68. The molecule has 2 aliphatic rings. The van der Waals surface area contributed by atoms with Crippen molar-refractivity contribution in [1.29, 1.82) is 5.26 Å². The van der Waals surface area contributed by atoms with Gasteiger partial charge in [0.1, 0.15) is 42.6 Å². The van der Waals surface area contributed by atoms with Crippen LogP contribution in [0.5, 0.6) is 5.75 Å². The van der Waals surface area contributed by atoms with E-state index in [4.69, 9.17) is 14.7 Å². The summed E-state index contributed by atoms with van der Waals surface area (Å²) >= 11 is 0. The fourth-order valence-electron chi connectivity index (χ4n) is 3.95. The van der Waals surface area contributed by atoms with Crippen LogP contribution in [0.1, 0.15) is 28.9 Å². The van der Waals surface area contributed by atoms with Crippen molar-refractivity contribution in [2.75, 3.05) is 32.8 Å². The summed E-state index contributed by atoms with van der Waals surface area (Å²) in [4.78, 5) is 31.4.